The van der Waals surface area contributed by atoms with E-state index in [2.05, 4.69) is 4.99 Å². The molecule has 1 aliphatic heterocycles. The monoisotopic (exact) mass is 502 g/mol. The predicted octanol–water partition coefficient (Wildman–Crippen LogP) is 6.05. The smallest absolute Gasteiger partial charge is 0.363 e. The van der Waals surface area contributed by atoms with Gasteiger partial charge in [0.05, 0.1) is 10.6 Å². The highest BCUT2D eigenvalue weighted by atomic mass is 16.6. The van der Waals surface area contributed by atoms with Gasteiger partial charge >= 0.3 is 5.97 Å². The number of cyclic esters (lactones) is 1. The van der Waals surface area contributed by atoms with Crippen LogP contribution < -0.4 is 0 Å². The van der Waals surface area contributed by atoms with Crippen molar-refractivity contribution in [3.05, 3.63) is 130 Å². The summed E-state index contributed by atoms with van der Waals surface area (Å²) in [4.78, 5) is 27.6. The molecule has 9 nitrogen and oxygen atoms in total. The highest BCUT2D eigenvalue weighted by Gasteiger charge is 2.25. The molecule has 0 atom stereocenters. The normalized spacial score (nSPS) is 13.9. The molecule has 9 heteroatoms. The molecule has 0 radical (unpaired) electrons. The van der Waals surface area contributed by atoms with E-state index in [0.717, 1.165) is 5.69 Å². The Morgan fingerprint density at radius 1 is 0.816 bits per heavy atom. The van der Waals surface area contributed by atoms with Crippen LogP contribution in [0, 0.1) is 10.1 Å². The fourth-order valence-electron chi connectivity index (χ4n) is 4.03. The predicted molar refractivity (Wildman–Crippen MR) is 140 cm³/mol. The van der Waals surface area contributed by atoms with Crippen molar-refractivity contribution >= 4 is 23.6 Å². The summed E-state index contributed by atoms with van der Waals surface area (Å²) in [6.45, 7) is 0. The highest BCUT2D eigenvalue weighted by molar-refractivity contribution is 6.13. The summed E-state index contributed by atoms with van der Waals surface area (Å²) in [6.07, 6.45) is 3.41. The maximum atomic E-state index is 12.6. The third kappa shape index (κ3) is 4.40. The summed E-state index contributed by atoms with van der Waals surface area (Å²) in [5.74, 6) is 0.650. The number of nitro groups is 1. The van der Waals surface area contributed by atoms with Gasteiger partial charge in [0.25, 0.3) is 5.69 Å². The molecular formula is C29H18N4O5. The second kappa shape index (κ2) is 9.47. The first kappa shape index (κ1) is 22.9. The van der Waals surface area contributed by atoms with Crippen LogP contribution >= 0.6 is 0 Å². The molecule has 0 bridgehead atoms. The topological polar surface area (TPSA) is 113 Å². The van der Waals surface area contributed by atoms with Crippen LogP contribution in [0.25, 0.3) is 34.5 Å². The van der Waals surface area contributed by atoms with Crippen LogP contribution in [0.2, 0.25) is 0 Å². The number of furan rings is 1. The summed E-state index contributed by atoms with van der Waals surface area (Å²) in [5.41, 5.74) is 3.43. The molecule has 1 aliphatic rings. The molecule has 0 saturated heterocycles. The van der Waals surface area contributed by atoms with Crippen LogP contribution in [0.3, 0.4) is 0 Å². The zero-order chi connectivity index (χ0) is 26.1. The Morgan fingerprint density at radius 2 is 1.50 bits per heavy atom. The van der Waals surface area contributed by atoms with Gasteiger partial charge in [-0.2, -0.15) is 5.10 Å². The first-order valence-corrected chi connectivity index (χ1v) is 11.6. The number of rotatable bonds is 6. The number of para-hydroxylation sites is 1. The number of hydrogen-bond acceptors (Lipinski definition) is 7. The molecule has 38 heavy (non-hydrogen) atoms. The molecule has 0 amide bonds. The van der Waals surface area contributed by atoms with Crippen molar-refractivity contribution in [1.29, 1.82) is 0 Å². The van der Waals surface area contributed by atoms with Gasteiger partial charge in [0.2, 0.25) is 5.90 Å². The maximum absolute atomic E-state index is 12.6. The molecule has 0 N–H and O–H groups in total. The first-order valence-electron chi connectivity index (χ1n) is 11.6. The maximum Gasteiger partial charge on any atom is 0.363 e. The fourth-order valence-corrected chi connectivity index (χ4v) is 4.03. The Morgan fingerprint density at radius 3 is 2.21 bits per heavy atom. The van der Waals surface area contributed by atoms with E-state index in [4.69, 9.17) is 14.3 Å². The molecule has 0 spiro atoms. The van der Waals surface area contributed by atoms with E-state index in [1.165, 1.54) is 12.1 Å². The zero-order valence-corrected chi connectivity index (χ0v) is 19.7. The van der Waals surface area contributed by atoms with Crippen LogP contribution in [0.15, 0.2) is 118 Å². The number of benzene rings is 3. The van der Waals surface area contributed by atoms with Gasteiger partial charge in [-0.15, -0.1) is 0 Å². The molecule has 3 aromatic carbocycles. The zero-order valence-electron chi connectivity index (χ0n) is 19.7. The third-order valence-electron chi connectivity index (χ3n) is 5.90. The number of nitrogens with zero attached hydrogens (tertiary/aromatic N) is 4. The number of non-ortho nitro benzene ring substituents is 1. The molecule has 0 fully saturated rings. The van der Waals surface area contributed by atoms with Crippen molar-refractivity contribution in [1.82, 2.24) is 9.78 Å². The quantitative estimate of drug-likeness (QED) is 0.121. The summed E-state index contributed by atoms with van der Waals surface area (Å²) < 4.78 is 13.2. The molecule has 184 valence electrons. The number of hydrogen-bond donors (Lipinski definition) is 0. The number of nitro benzene ring substituents is 1. The Bertz CT molecular complexity index is 1720. The molecule has 2 aromatic heterocycles. The van der Waals surface area contributed by atoms with Crippen LogP contribution in [-0.2, 0) is 9.53 Å². The second-order valence-corrected chi connectivity index (χ2v) is 8.38. The van der Waals surface area contributed by atoms with Gasteiger partial charge in [0.15, 0.2) is 11.5 Å². The van der Waals surface area contributed by atoms with E-state index < -0.39 is 10.9 Å². The molecular weight excluding hydrogens is 484 g/mol. The molecule has 0 unspecified atom stereocenters. The van der Waals surface area contributed by atoms with Crippen LogP contribution in [0.1, 0.15) is 11.1 Å². The summed E-state index contributed by atoms with van der Waals surface area (Å²) in [5, 5.41) is 15.7. The van der Waals surface area contributed by atoms with E-state index in [-0.39, 0.29) is 17.3 Å². The van der Waals surface area contributed by atoms with Crippen molar-refractivity contribution < 1.29 is 18.9 Å². The third-order valence-corrected chi connectivity index (χ3v) is 5.90. The van der Waals surface area contributed by atoms with Crippen molar-refractivity contribution in [2.24, 2.45) is 4.99 Å². The van der Waals surface area contributed by atoms with E-state index in [1.807, 2.05) is 60.7 Å². The van der Waals surface area contributed by atoms with Gasteiger partial charge in [0, 0.05) is 35.0 Å². The first-order chi connectivity index (χ1) is 18.5. The van der Waals surface area contributed by atoms with Crippen molar-refractivity contribution in [3.8, 4) is 28.5 Å². The molecule has 0 aliphatic carbocycles. The van der Waals surface area contributed by atoms with Crippen molar-refractivity contribution in [2.75, 3.05) is 0 Å². The van der Waals surface area contributed by atoms with E-state index in [0.29, 0.717) is 33.9 Å². The fraction of sp³-hybridized carbons (Fsp3) is 0. The minimum Gasteiger partial charge on any atom is -0.454 e. The highest BCUT2D eigenvalue weighted by Crippen LogP contribution is 2.32. The Balaban J connectivity index is 1.41. The van der Waals surface area contributed by atoms with Gasteiger partial charge in [0.1, 0.15) is 11.5 Å². The summed E-state index contributed by atoms with van der Waals surface area (Å²) >= 11 is 0. The molecule has 3 heterocycles. The largest absolute Gasteiger partial charge is 0.454 e. The minimum absolute atomic E-state index is 0.00470. The summed E-state index contributed by atoms with van der Waals surface area (Å²) in [6, 6.07) is 28.4. The second-order valence-electron chi connectivity index (χ2n) is 8.38. The van der Waals surface area contributed by atoms with E-state index in [9.17, 15) is 14.9 Å². The molecule has 5 aromatic rings. The van der Waals surface area contributed by atoms with Gasteiger partial charge in [-0.05, 0) is 54.6 Å². The Hall–Kier alpha value is -5.57. The number of carbonyl (C=O) groups excluding carboxylic acids is 1. The lowest BCUT2D eigenvalue weighted by Gasteiger charge is -1.99. The van der Waals surface area contributed by atoms with Gasteiger partial charge in [-0.1, -0.05) is 36.4 Å². The van der Waals surface area contributed by atoms with E-state index in [1.54, 1.807) is 41.2 Å². The lowest BCUT2D eigenvalue weighted by Crippen LogP contribution is -2.04. The van der Waals surface area contributed by atoms with E-state index >= 15 is 0 Å². The molecule has 6 rings (SSSR count). The average molecular weight is 502 g/mol. The number of carbonyl (C=O) groups is 1. The lowest BCUT2D eigenvalue weighted by molar-refractivity contribution is -0.384. The van der Waals surface area contributed by atoms with Gasteiger partial charge in [-0.3, -0.25) is 10.1 Å². The SMILES string of the molecule is O=C1OC(c2ccccc2)=NC1=Cc1cn(-c2ccccc2)nc1-c1ccc(-c2ccc([N+](=O)[O-])cc2)o1. The van der Waals surface area contributed by atoms with Crippen LogP contribution in [0.4, 0.5) is 5.69 Å². The number of ether oxygens (including phenoxy) is 1. The van der Waals surface area contributed by atoms with Gasteiger partial charge in [-0.25, -0.2) is 14.5 Å². The lowest BCUT2D eigenvalue weighted by atomic mass is 10.1. The number of esters is 1. The van der Waals surface area contributed by atoms with Crippen molar-refractivity contribution in [2.45, 2.75) is 0 Å². The van der Waals surface area contributed by atoms with Gasteiger partial charge < -0.3 is 9.15 Å². The van der Waals surface area contributed by atoms with Crippen molar-refractivity contribution in [3.63, 3.8) is 0 Å². The minimum atomic E-state index is -0.562. The molecule has 0 saturated carbocycles. The van der Waals surface area contributed by atoms with Crippen LogP contribution in [-0.4, -0.2) is 26.6 Å². The number of aromatic nitrogens is 2. The standard InChI is InChI=1S/C29H18N4O5/c34-29-24(30-28(38-29)20-7-3-1-4-8-20)17-21-18-32(22-9-5-2-6-10-22)31-27(21)26-16-15-25(37-26)19-11-13-23(14-12-19)33(35)36/h1-18H. The van der Waals surface area contributed by atoms with Crippen LogP contribution in [0.5, 0.6) is 0 Å². The Labute approximate surface area is 216 Å². The average Bonchev–Trinajstić information content (AvgIpc) is 3.69. The summed E-state index contributed by atoms with van der Waals surface area (Å²) in [7, 11) is 0. The Kier molecular flexibility index (Phi) is 5.70. The number of aliphatic imine (C=N–C) groups is 1.